The van der Waals surface area contributed by atoms with Crippen LogP contribution in [0.15, 0.2) is 97.1 Å². The summed E-state index contributed by atoms with van der Waals surface area (Å²) in [5.41, 5.74) is 2.29. The standard InChI is InChI=1S/C29H21NO5/c1-19(31)30-18-24(32)26-23(30)17-25(33-22-15-9-4-10-16-22)27-28(26)35-29(34-27,20-11-5-2-6-12-20)21-13-7-3-8-14-21/h2-17H,18H2,1H3. The molecule has 2 heterocycles. The number of anilines is 1. The quantitative estimate of drug-likeness (QED) is 0.388. The van der Waals surface area contributed by atoms with Gasteiger partial charge in [-0.05, 0) is 12.1 Å². The molecule has 6 heteroatoms. The average molecular weight is 463 g/mol. The molecule has 2 aliphatic rings. The maximum absolute atomic E-state index is 13.1. The summed E-state index contributed by atoms with van der Waals surface area (Å²) in [4.78, 5) is 26.9. The maximum Gasteiger partial charge on any atom is 0.305 e. The van der Waals surface area contributed by atoms with Crippen LogP contribution in [0.5, 0.6) is 23.0 Å². The minimum atomic E-state index is -1.33. The number of para-hydroxylation sites is 1. The van der Waals surface area contributed by atoms with E-state index in [1.54, 1.807) is 6.07 Å². The van der Waals surface area contributed by atoms with E-state index in [1.165, 1.54) is 11.8 Å². The molecule has 4 aromatic rings. The Morgan fingerprint density at radius 3 is 1.94 bits per heavy atom. The largest absolute Gasteiger partial charge is 0.453 e. The van der Waals surface area contributed by atoms with Crippen molar-refractivity contribution in [1.82, 2.24) is 0 Å². The summed E-state index contributed by atoms with van der Waals surface area (Å²) < 4.78 is 19.5. The van der Waals surface area contributed by atoms with Crippen LogP contribution in [0.3, 0.4) is 0 Å². The molecule has 0 bridgehead atoms. The van der Waals surface area contributed by atoms with Crippen LogP contribution in [0.1, 0.15) is 28.4 Å². The van der Waals surface area contributed by atoms with Gasteiger partial charge in [-0.15, -0.1) is 0 Å². The van der Waals surface area contributed by atoms with Gasteiger partial charge in [0.05, 0.1) is 17.8 Å². The summed E-state index contributed by atoms with van der Waals surface area (Å²) in [5, 5.41) is 0. The molecule has 0 fully saturated rings. The van der Waals surface area contributed by atoms with Gasteiger partial charge in [-0.2, -0.15) is 0 Å². The number of benzene rings is 4. The molecule has 2 aliphatic heterocycles. The number of rotatable bonds is 4. The van der Waals surface area contributed by atoms with Crippen LogP contribution in [0.2, 0.25) is 0 Å². The molecule has 6 nitrogen and oxygen atoms in total. The van der Waals surface area contributed by atoms with E-state index in [9.17, 15) is 9.59 Å². The van der Waals surface area contributed by atoms with Crippen LogP contribution in [-0.2, 0) is 10.6 Å². The molecular formula is C29H21NO5. The molecule has 35 heavy (non-hydrogen) atoms. The second-order valence-corrected chi connectivity index (χ2v) is 8.42. The zero-order chi connectivity index (χ0) is 24.0. The predicted molar refractivity (Wildman–Crippen MR) is 130 cm³/mol. The lowest BCUT2D eigenvalue weighted by molar-refractivity contribution is -0.116. The fourth-order valence-electron chi connectivity index (χ4n) is 4.59. The first kappa shape index (κ1) is 21.0. The molecule has 0 atom stereocenters. The second kappa shape index (κ2) is 8.02. The summed E-state index contributed by atoms with van der Waals surface area (Å²) in [7, 11) is 0. The third-order valence-corrected chi connectivity index (χ3v) is 6.20. The van der Waals surface area contributed by atoms with Crippen molar-refractivity contribution in [1.29, 1.82) is 0 Å². The third kappa shape index (κ3) is 3.34. The molecule has 0 radical (unpaired) electrons. The number of Topliss-reactive ketones (excluding diaryl/α,β-unsaturated/α-hetero) is 1. The Morgan fingerprint density at radius 2 is 1.37 bits per heavy atom. The van der Waals surface area contributed by atoms with Crippen LogP contribution < -0.4 is 19.1 Å². The topological polar surface area (TPSA) is 65.1 Å². The Bertz CT molecular complexity index is 1400. The van der Waals surface area contributed by atoms with Crippen LogP contribution in [0, 0.1) is 0 Å². The number of nitrogens with zero attached hydrogens (tertiary/aromatic N) is 1. The highest BCUT2D eigenvalue weighted by atomic mass is 16.7. The average Bonchev–Trinajstić information content (AvgIpc) is 3.45. The van der Waals surface area contributed by atoms with E-state index in [4.69, 9.17) is 14.2 Å². The predicted octanol–water partition coefficient (Wildman–Crippen LogP) is 5.70. The van der Waals surface area contributed by atoms with Gasteiger partial charge in [0.1, 0.15) is 5.75 Å². The van der Waals surface area contributed by atoms with Gasteiger partial charge in [-0.3, -0.25) is 9.59 Å². The van der Waals surface area contributed by atoms with E-state index < -0.39 is 5.79 Å². The summed E-state index contributed by atoms with van der Waals surface area (Å²) >= 11 is 0. The van der Waals surface area contributed by atoms with Crippen molar-refractivity contribution in [2.45, 2.75) is 12.7 Å². The van der Waals surface area contributed by atoms with E-state index in [0.29, 0.717) is 28.5 Å². The van der Waals surface area contributed by atoms with Crippen molar-refractivity contribution < 1.29 is 23.8 Å². The minimum Gasteiger partial charge on any atom is -0.453 e. The van der Waals surface area contributed by atoms with Gasteiger partial charge in [-0.1, -0.05) is 78.9 Å². The van der Waals surface area contributed by atoms with Gasteiger partial charge < -0.3 is 19.1 Å². The Labute approximate surface area is 202 Å². The highest BCUT2D eigenvalue weighted by molar-refractivity contribution is 6.17. The molecule has 172 valence electrons. The van der Waals surface area contributed by atoms with Gasteiger partial charge >= 0.3 is 5.79 Å². The van der Waals surface area contributed by atoms with Crippen molar-refractivity contribution >= 4 is 17.4 Å². The van der Waals surface area contributed by atoms with Crippen molar-refractivity contribution in [3.05, 3.63) is 114 Å². The van der Waals surface area contributed by atoms with Gasteiger partial charge in [0.25, 0.3) is 0 Å². The lowest BCUT2D eigenvalue weighted by atomic mass is 9.97. The first-order valence-electron chi connectivity index (χ1n) is 11.3. The van der Waals surface area contributed by atoms with E-state index >= 15 is 0 Å². The van der Waals surface area contributed by atoms with E-state index in [2.05, 4.69) is 0 Å². The molecule has 0 aromatic heterocycles. The molecule has 0 N–H and O–H groups in total. The summed E-state index contributed by atoms with van der Waals surface area (Å²) in [6.45, 7) is 1.38. The van der Waals surface area contributed by atoms with Crippen LogP contribution in [0.4, 0.5) is 5.69 Å². The summed E-state index contributed by atoms with van der Waals surface area (Å²) in [5.74, 6) is -0.238. The Hall–Kier alpha value is -4.58. The highest BCUT2D eigenvalue weighted by Crippen LogP contribution is 2.57. The Balaban J connectivity index is 1.59. The van der Waals surface area contributed by atoms with E-state index in [0.717, 1.165) is 11.1 Å². The molecule has 0 spiro atoms. The zero-order valence-corrected chi connectivity index (χ0v) is 18.9. The Morgan fingerprint density at radius 1 is 0.829 bits per heavy atom. The van der Waals surface area contributed by atoms with Crippen LogP contribution in [-0.4, -0.2) is 18.2 Å². The SMILES string of the molecule is CC(=O)N1CC(=O)c2c1cc(Oc1ccccc1)c1c2OC(c2ccccc2)(c2ccccc2)O1. The Kier molecular flexibility index (Phi) is 4.81. The number of ketones is 1. The van der Waals surface area contributed by atoms with E-state index in [1.807, 2.05) is 91.0 Å². The molecule has 6 rings (SSSR count). The molecule has 0 unspecified atom stereocenters. The number of hydrogen-bond donors (Lipinski definition) is 0. The van der Waals surface area contributed by atoms with Crippen LogP contribution in [0.25, 0.3) is 0 Å². The number of carbonyl (C=O) groups excluding carboxylic acids is 2. The minimum absolute atomic E-state index is 0.0566. The summed E-state index contributed by atoms with van der Waals surface area (Å²) in [6, 6.07) is 30.1. The normalized spacial score (nSPS) is 15.1. The zero-order valence-electron chi connectivity index (χ0n) is 18.9. The van der Waals surface area contributed by atoms with Gasteiger partial charge in [0.15, 0.2) is 17.3 Å². The first-order valence-corrected chi connectivity index (χ1v) is 11.3. The number of hydrogen-bond acceptors (Lipinski definition) is 5. The molecule has 4 aromatic carbocycles. The number of carbonyl (C=O) groups is 2. The fourth-order valence-corrected chi connectivity index (χ4v) is 4.59. The van der Waals surface area contributed by atoms with Gasteiger partial charge in [0, 0.05) is 24.1 Å². The van der Waals surface area contributed by atoms with Gasteiger partial charge in [0.2, 0.25) is 11.7 Å². The third-order valence-electron chi connectivity index (χ3n) is 6.20. The van der Waals surface area contributed by atoms with Crippen molar-refractivity contribution in [3.63, 3.8) is 0 Å². The number of ether oxygens (including phenoxy) is 3. The van der Waals surface area contributed by atoms with Crippen LogP contribution >= 0.6 is 0 Å². The molecular weight excluding hydrogens is 442 g/mol. The highest BCUT2D eigenvalue weighted by Gasteiger charge is 2.50. The number of amides is 1. The molecule has 0 aliphatic carbocycles. The summed E-state index contributed by atoms with van der Waals surface area (Å²) in [6.07, 6.45) is 0. The fraction of sp³-hybridized carbons (Fsp3) is 0.103. The monoisotopic (exact) mass is 463 g/mol. The van der Waals surface area contributed by atoms with Crippen molar-refractivity contribution in [2.75, 3.05) is 11.4 Å². The lowest BCUT2D eigenvalue weighted by Gasteiger charge is -2.28. The molecule has 0 saturated heterocycles. The van der Waals surface area contributed by atoms with Crippen molar-refractivity contribution in [3.8, 4) is 23.0 Å². The van der Waals surface area contributed by atoms with Crippen molar-refractivity contribution in [2.24, 2.45) is 0 Å². The first-order chi connectivity index (χ1) is 17.1. The molecule has 1 amide bonds. The smallest absolute Gasteiger partial charge is 0.305 e. The maximum atomic E-state index is 13.1. The van der Waals surface area contributed by atoms with E-state index in [-0.39, 0.29) is 24.0 Å². The molecule has 0 saturated carbocycles. The van der Waals surface area contributed by atoms with Gasteiger partial charge in [-0.25, -0.2) is 0 Å². The lowest BCUT2D eigenvalue weighted by Crippen LogP contribution is -2.36. The number of fused-ring (bicyclic) bond motifs is 3. The second-order valence-electron chi connectivity index (χ2n) is 8.42.